The molecule has 2 heteroatoms. The highest BCUT2D eigenvalue weighted by atomic mass is 32.2. The van der Waals surface area contributed by atoms with Gasteiger partial charge in [-0.2, -0.15) is 11.8 Å². The minimum absolute atomic E-state index is 0.0278. The van der Waals surface area contributed by atoms with Gasteiger partial charge in [0.15, 0.2) is 0 Å². The standard InChI is InChI=1S/C39H37NS/c1-24-20-25-14-15-28(23-37(25)41-24)40(26-16-18-31-29-10-6-8-12-33(29)38(2,3)35(31)21-26)27-17-19-32-30-11-7-9-13-34(30)39(4,5)36(32)22-27/h6-19,21-22,24,37H,20,23H2,1-5H3. The number of nitrogens with zero attached hydrogens (tertiary/aromatic N) is 1. The molecule has 2 atom stereocenters. The molecular weight excluding hydrogens is 515 g/mol. The third-order valence-electron chi connectivity index (χ3n) is 10.2. The van der Waals surface area contributed by atoms with Crippen molar-refractivity contribution < 1.29 is 0 Å². The third kappa shape index (κ3) is 3.63. The van der Waals surface area contributed by atoms with Gasteiger partial charge in [-0.05, 0) is 81.3 Å². The van der Waals surface area contributed by atoms with Crippen LogP contribution in [0.1, 0.15) is 69.7 Å². The number of rotatable bonds is 3. The first-order chi connectivity index (χ1) is 19.7. The van der Waals surface area contributed by atoms with Gasteiger partial charge in [-0.15, -0.1) is 0 Å². The Morgan fingerprint density at radius 2 is 1.12 bits per heavy atom. The van der Waals surface area contributed by atoms with Gasteiger partial charge in [0.1, 0.15) is 0 Å². The first kappa shape index (κ1) is 25.2. The molecule has 4 aliphatic rings. The average molecular weight is 552 g/mol. The van der Waals surface area contributed by atoms with Crippen molar-refractivity contribution in [3.8, 4) is 22.3 Å². The summed E-state index contributed by atoms with van der Waals surface area (Å²) in [6.45, 7) is 11.9. The molecule has 0 amide bonds. The van der Waals surface area contributed by atoms with E-state index in [1.165, 1.54) is 68.0 Å². The number of hydrogen-bond donors (Lipinski definition) is 0. The van der Waals surface area contributed by atoms with Gasteiger partial charge in [0.2, 0.25) is 0 Å². The Balaban J connectivity index is 1.29. The number of hydrogen-bond acceptors (Lipinski definition) is 2. The van der Waals surface area contributed by atoms with E-state index in [0.717, 1.165) is 6.42 Å². The molecule has 0 N–H and O–H groups in total. The zero-order chi connectivity index (χ0) is 28.1. The van der Waals surface area contributed by atoms with Crippen LogP contribution in [0.5, 0.6) is 0 Å². The van der Waals surface area contributed by atoms with E-state index in [1.807, 2.05) is 0 Å². The molecule has 4 aromatic rings. The molecule has 0 radical (unpaired) electrons. The smallest absolute Gasteiger partial charge is 0.0461 e. The van der Waals surface area contributed by atoms with Crippen LogP contribution in [0.4, 0.5) is 11.4 Å². The monoisotopic (exact) mass is 551 g/mol. The number of allylic oxidation sites excluding steroid dienone is 3. The molecule has 3 aliphatic carbocycles. The Morgan fingerprint density at radius 3 is 1.68 bits per heavy atom. The van der Waals surface area contributed by atoms with E-state index in [9.17, 15) is 0 Å². The second-order valence-corrected chi connectivity index (χ2v) is 15.0. The van der Waals surface area contributed by atoms with Crippen LogP contribution in [0.3, 0.4) is 0 Å². The van der Waals surface area contributed by atoms with Crippen molar-refractivity contribution in [3.63, 3.8) is 0 Å². The van der Waals surface area contributed by atoms with E-state index < -0.39 is 0 Å². The van der Waals surface area contributed by atoms with Crippen LogP contribution in [0.2, 0.25) is 0 Å². The van der Waals surface area contributed by atoms with Crippen molar-refractivity contribution in [1.82, 2.24) is 0 Å². The Labute approximate surface area is 249 Å². The molecule has 8 rings (SSSR count). The van der Waals surface area contributed by atoms with Gasteiger partial charge >= 0.3 is 0 Å². The topological polar surface area (TPSA) is 3.24 Å². The van der Waals surface area contributed by atoms with Gasteiger partial charge < -0.3 is 4.90 Å². The van der Waals surface area contributed by atoms with Crippen molar-refractivity contribution >= 4 is 23.1 Å². The van der Waals surface area contributed by atoms with E-state index >= 15 is 0 Å². The fraction of sp³-hybridized carbons (Fsp3) is 0.282. The molecule has 0 aromatic heterocycles. The van der Waals surface area contributed by atoms with Crippen molar-refractivity contribution in [2.24, 2.45) is 0 Å². The molecule has 0 spiro atoms. The van der Waals surface area contributed by atoms with Crippen LogP contribution in [0.25, 0.3) is 22.3 Å². The fourth-order valence-electron chi connectivity index (χ4n) is 8.00. The molecule has 2 unspecified atom stereocenters. The summed E-state index contributed by atoms with van der Waals surface area (Å²) in [5, 5.41) is 1.28. The van der Waals surface area contributed by atoms with Crippen LogP contribution in [0.15, 0.2) is 108 Å². The highest BCUT2D eigenvalue weighted by molar-refractivity contribution is 8.01. The summed E-state index contributed by atoms with van der Waals surface area (Å²) >= 11 is 2.15. The molecule has 1 nitrogen and oxygen atoms in total. The number of thioether (sulfide) groups is 1. The van der Waals surface area contributed by atoms with Gasteiger partial charge in [-0.1, -0.05) is 107 Å². The van der Waals surface area contributed by atoms with Crippen molar-refractivity contribution in [1.29, 1.82) is 0 Å². The predicted molar refractivity (Wildman–Crippen MR) is 176 cm³/mol. The normalized spacial score (nSPS) is 22.2. The lowest BCUT2D eigenvalue weighted by Crippen LogP contribution is -2.23. The first-order valence-corrected chi connectivity index (χ1v) is 16.0. The predicted octanol–water partition coefficient (Wildman–Crippen LogP) is 10.5. The molecule has 1 saturated heterocycles. The molecule has 0 bridgehead atoms. The lowest BCUT2D eigenvalue weighted by atomic mass is 9.82. The lowest BCUT2D eigenvalue weighted by Gasteiger charge is -2.33. The van der Waals surface area contributed by atoms with Crippen LogP contribution < -0.4 is 4.90 Å². The summed E-state index contributed by atoms with van der Waals surface area (Å²) < 4.78 is 0. The van der Waals surface area contributed by atoms with E-state index in [2.05, 4.69) is 148 Å². The summed E-state index contributed by atoms with van der Waals surface area (Å²) in [6.07, 6.45) is 7.12. The van der Waals surface area contributed by atoms with Crippen LogP contribution >= 0.6 is 11.8 Å². The Morgan fingerprint density at radius 1 is 0.610 bits per heavy atom. The van der Waals surface area contributed by atoms with Gasteiger partial charge in [-0.3, -0.25) is 0 Å². The highest BCUT2D eigenvalue weighted by Gasteiger charge is 2.38. The number of fused-ring (bicyclic) bond motifs is 7. The summed E-state index contributed by atoms with van der Waals surface area (Å²) in [4.78, 5) is 2.56. The maximum atomic E-state index is 2.56. The van der Waals surface area contributed by atoms with Crippen molar-refractivity contribution in [3.05, 3.63) is 131 Å². The largest absolute Gasteiger partial charge is 0.314 e. The summed E-state index contributed by atoms with van der Waals surface area (Å²) in [5.41, 5.74) is 16.7. The molecule has 0 saturated carbocycles. The molecule has 1 heterocycles. The Kier molecular flexibility index (Phi) is 5.39. The molecule has 1 fully saturated rings. The molecule has 41 heavy (non-hydrogen) atoms. The molecule has 204 valence electrons. The number of benzene rings is 4. The summed E-state index contributed by atoms with van der Waals surface area (Å²) in [6, 6.07) is 32.3. The minimum Gasteiger partial charge on any atom is -0.314 e. The number of anilines is 2. The average Bonchev–Trinajstić information content (AvgIpc) is 3.54. The minimum atomic E-state index is -0.0278. The molecular formula is C39H37NS. The summed E-state index contributed by atoms with van der Waals surface area (Å²) in [5.74, 6) is 0. The van der Waals surface area contributed by atoms with Gasteiger partial charge in [-0.25, -0.2) is 0 Å². The fourth-order valence-corrected chi connectivity index (χ4v) is 9.47. The van der Waals surface area contributed by atoms with Crippen LogP contribution in [-0.2, 0) is 10.8 Å². The maximum absolute atomic E-state index is 2.56. The lowest BCUT2D eigenvalue weighted by molar-refractivity contribution is 0.659. The third-order valence-corrected chi connectivity index (χ3v) is 11.6. The second kappa shape index (κ2) is 8.76. The molecule has 1 aliphatic heterocycles. The van der Waals surface area contributed by atoms with Gasteiger partial charge in [0.05, 0.1) is 0 Å². The van der Waals surface area contributed by atoms with E-state index in [4.69, 9.17) is 0 Å². The SMILES string of the molecule is CC1CC2=CC=C(N(c3ccc4c(c3)C(C)(C)c3ccccc3-4)c3ccc4c(c3)C(C)(C)c3ccccc3-4)CC2S1. The maximum Gasteiger partial charge on any atom is 0.0461 e. The van der Waals surface area contributed by atoms with E-state index in [1.54, 1.807) is 5.57 Å². The van der Waals surface area contributed by atoms with Crippen molar-refractivity contribution in [2.45, 2.75) is 68.8 Å². The molecule has 4 aromatic carbocycles. The first-order valence-electron chi connectivity index (χ1n) is 15.1. The zero-order valence-corrected chi connectivity index (χ0v) is 25.5. The second-order valence-electron chi connectivity index (χ2n) is 13.4. The van der Waals surface area contributed by atoms with Crippen LogP contribution in [0, 0.1) is 0 Å². The zero-order valence-electron chi connectivity index (χ0n) is 24.7. The van der Waals surface area contributed by atoms with Gasteiger partial charge in [0.25, 0.3) is 0 Å². The Bertz CT molecular complexity index is 1700. The van der Waals surface area contributed by atoms with Gasteiger partial charge in [0, 0.05) is 44.8 Å². The highest BCUT2D eigenvalue weighted by Crippen LogP contribution is 2.53. The quantitative estimate of drug-likeness (QED) is 0.249. The van der Waals surface area contributed by atoms with E-state index in [0.29, 0.717) is 10.5 Å². The van der Waals surface area contributed by atoms with Crippen molar-refractivity contribution in [2.75, 3.05) is 4.90 Å². The van der Waals surface area contributed by atoms with Crippen LogP contribution in [-0.4, -0.2) is 10.5 Å². The summed E-state index contributed by atoms with van der Waals surface area (Å²) in [7, 11) is 0. The Hall–Kier alpha value is -3.49. The van der Waals surface area contributed by atoms with E-state index in [-0.39, 0.29) is 10.8 Å².